The van der Waals surface area contributed by atoms with Crippen LogP contribution in [0.2, 0.25) is 0 Å². The van der Waals surface area contributed by atoms with E-state index in [1.165, 1.54) is 12.1 Å². The van der Waals surface area contributed by atoms with Gasteiger partial charge in [0.2, 0.25) is 0 Å². The minimum absolute atomic E-state index is 0.109. The fraction of sp³-hybridized carbons (Fsp3) is 0.0714. The van der Waals surface area contributed by atoms with Crippen molar-refractivity contribution < 1.29 is 18.3 Å². The number of carbonyl (C=O) groups is 1. The topological polar surface area (TPSA) is 83.5 Å². The highest BCUT2D eigenvalue weighted by Gasteiger charge is 2.18. The van der Waals surface area contributed by atoms with Crippen molar-refractivity contribution in [2.75, 3.05) is 11.0 Å². The van der Waals surface area contributed by atoms with E-state index in [1.807, 2.05) is 6.26 Å². The van der Waals surface area contributed by atoms with E-state index in [1.54, 1.807) is 36.0 Å². The number of rotatable bonds is 5. The van der Waals surface area contributed by atoms with Crippen molar-refractivity contribution in [2.24, 2.45) is 0 Å². The van der Waals surface area contributed by atoms with Gasteiger partial charge in [0.15, 0.2) is 0 Å². The SMILES string of the molecule is CSc1ccc(NS(=O)(=O)c2ccc(Br)c(C(=O)O)c2)cc1. The molecule has 22 heavy (non-hydrogen) atoms. The molecule has 0 heterocycles. The number of hydrogen-bond donors (Lipinski definition) is 2. The van der Waals surface area contributed by atoms with Crippen LogP contribution in [0.15, 0.2) is 56.7 Å². The average Bonchev–Trinajstić information content (AvgIpc) is 2.47. The molecule has 2 aromatic carbocycles. The second-order valence-electron chi connectivity index (χ2n) is 4.28. The number of aromatic carboxylic acids is 1. The normalized spacial score (nSPS) is 11.2. The molecule has 0 unspecified atom stereocenters. The second kappa shape index (κ2) is 6.72. The van der Waals surface area contributed by atoms with Crippen LogP contribution in [0.1, 0.15) is 10.4 Å². The van der Waals surface area contributed by atoms with E-state index in [0.717, 1.165) is 11.0 Å². The number of thioether (sulfide) groups is 1. The quantitative estimate of drug-likeness (QED) is 0.746. The number of anilines is 1. The van der Waals surface area contributed by atoms with Gasteiger partial charge in [-0.2, -0.15) is 0 Å². The van der Waals surface area contributed by atoms with Crippen molar-refractivity contribution in [2.45, 2.75) is 9.79 Å². The minimum Gasteiger partial charge on any atom is -0.478 e. The molecule has 0 spiro atoms. The van der Waals surface area contributed by atoms with Crippen molar-refractivity contribution in [1.82, 2.24) is 0 Å². The Kier molecular flexibility index (Phi) is 5.15. The van der Waals surface area contributed by atoms with Crippen molar-refractivity contribution in [3.8, 4) is 0 Å². The van der Waals surface area contributed by atoms with Gasteiger partial charge in [0, 0.05) is 15.1 Å². The van der Waals surface area contributed by atoms with Gasteiger partial charge >= 0.3 is 5.97 Å². The maximum absolute atomic E-state index is 12.3. The molecular formula is C14H12BrNO4S2. The fourth-order valence-corrected chi connectivity index (χ4v) is 3.62. The van der Waals surface area contributed by atoms with E-state index in [9.17, 15) is 13.2 Å². The first kappa shape index (κ1) is 16.9. The number of sulfonamides is 1. The Bertz CT molecular complexity index is 804. The molecule has 5 nitrogen and oxygen atoms in total. The van der Waals surface area contributed by atoms with Gasteiger partial charge in [-0.05, 0) is 64.7 Å². The van der Waals surface area contributed by atoms with Gasteiger partial charge < -0.3 is 5.11 Å². The number of carboxylic acids is 1. The van der Waals surface area contributed by atoms with Crippen LogP contribution >= 0.6 is 27.7 Å². The van der Waals surface area contributed by atoms with Gasteiger partial charge in [0.05, 0.1) is 10.5 Å². The van der Waals surface area contributed by atoms with E-state index >= 15 is 0 Å². The van der Waals surface area contributed by atoms with Crippen LogP contribution in [-0.4, -0.2) is 25.7 Å². The number of benzene rings is 2. The molecule has 0 fully saturated rings. The lowest BCUT2D eigenvalue weighted by Gasteiger charge is -2.10. The largest absolute Gasteiger partial charge is 0.478 e. The van der Waals surface area contributed by atoms with Gasteiger partial charge in [-0.25, -0.2) is 13.2 Å². The highest BCUT2D eigenvalue weighted by molar-refractivity contribution is 9.10. The lowest BCUT2D eigenvalue weighted by molar-refractivity contribution is 0.0695. The molecule has 0 saturated carbocycles. The zero-order valence-corrected chi connectivity index (χ0v) is 14.6. The van der Waals surface area contributed by atoms with Crippen molar-refractivity contribution in [1.29, 1.82) is 0 Å². The second-order valence-corrected chi connectivity index (χ2v) is 7.70. The molecule has 0 aliphatic heterocycles. The Hall–Kier alpha value is -1.51. The first-order valence-electron chi connectivity index (χ1n) is 6.03. The summed E-state index contributed by atoms with van der Waals surface area (Å²) in [7, 11) is -3.85. The summed E-state index contributed by atoms with van der Waals surface area (Å²) in [6.07, 6.45) is 1.93. The standard InChI is InChI=1S/C14H12BrNO4S2/c1-21-10-4-2-9(3-5-10)16-22(19,20)11-6-7-13(15)12(8-11)14(17)18/h2-8,16H,1H3,(H,17,18). The maximum atomic E-state index is 12.3. The van der Waals surface area contributed by atoms with E-state index in [0.29, 0.717) is 10.2 Å². The third-order valence-corrected chi connectivity index (χ3v) is 5.63. The molecular weight excluding hydrogens is 390 g/mol. The molecule has 0 bridgehead atoms. The van der Waals surface area contributed by atoms with E-state index in [-0.39, 0.29) is 10.5 Å². The number of nitrogens with one attached hydrogen (secondary N) is 1. The third-order valence-electron chi connectivity index (χ3n) is 2.82. The summed E-state index contributed by atoms with van der Waals surface area (Å²) in [6.45, 7) is 0. The Balaban J connectivity index is 2.33. The van der Waals surface area contributed by atoms with Gasteiger partial charge in [-0.15, -0.1) is 11.8 Å². The average molecular weight is 402 g/mol. The summed E-state index contributed by atoms with van der Waals surface area (Å²) in [6, 6.07) is 10.8. The summed E-state index contributed by atoms with van der Waals surface area (Å²) in [4.78, 5) is 12.0. The Morgan fingerprint density at radius 3 is 2.36 bits per heavy atom. The molecule has 116 valence electrons. The third kappa shape index (κ3) is 3.82. The van der Waals surface area contributed by atoms with E-state index in [4.69, 9.17) is 5.11 Å². The lowest BCUT2D eigenvalue weighted by atomic mass is 10.2. The molecule has 0 saturated heterocycles. The summed E-state index contributed by atoms with van der Waals surface area (Å²) < 4.78 is 27.4. The Morgan fingerprint density at radius 2 is 1.82 bits per heavy atom. The maximum Gasteiger partial charge on any atom is 0.336 e. The van der Waals surface area contributed by atoms with Crippen LogP contribution in [0.25, 0.3) is 0 Å². The summed E-state index contributed by atoms with van der Waals surface area (Å²) in [5.41, 5.74) is 0.304. The van der Waals surface area contributed by atoms with Crippen LogP contribution < -0.4 is 4.72 Å². The van der Waals surface area contributed by atoms with Crippen LogP contribution in [0.4, 0.5) is 5.69 Å². The minimum atomic E-state index is -3.85. The molecule has 2 aromatic rings. The smallest absolute Gasteiger partial charge is 0.336 e. The number of carboxylic acid groups (broad SMARTS) is 1. The van der Waals surface area contributed by atoms with Crippen LogP contribution in [0, 0.1) is 0 Å². The van der Waals surface area contributed by atoms with E-state index < -0.39 is 16.0 Å². The van der Waals surface area contributed by atoms with Crippen LogP contribution in [0.5, 0.6) is 0 Å². The Morgan fingerprint density at radius 1 is 1.18 bits per heavy atom. The first-order chi connectivity index (χ1) is 10.3. The van der Waals surface area contributed by atoms with Crippen LogP contribution in [-0.2, 0) is 10.0 Å². The van der Waals surface area contributed by atoms with Gasteiger partial charge in [0.25, 0.3) is 10.0 Å². The van der Waals surface area contributed by atoms with Gasteiger partial charge in [-0.1, -0.05) is 0 Å². The summed E-state index contributed by atoms with van der Waals surface area (Å²) in [5.74, 6) is -1.20. The molecule has 0 aromatic heterocycles. The molecule has 0 amide bonds. The highest BCUT2D eigenvalue weighted by atomic mass is 79.9. The molecule has 2 N–H and O–H groups in total. The fourth-order valence-electron chi connectivity index (χ4n) is 1.71. The van der Waals surface area contributed by atoms with E-state index in [2.05, 4.69) is 20.7 Å². The van der Waals surface area contributed by atoms with Crippen molar-refractivity contribution >= 4 is 49.4 Å². The Labute approximate surface area is 140 Å². The molecule has 2 rings (SSSR count). The van der Waals surface area contributed by atoms with Gasteiger partial charge in [-0.3, -0.25) is 4.72 Å². The lowest BCUT2D eigenvalue weighted by Crippen LogP contribution is -2.14. The van der Waals surface area contributed by atoms with Crippen molar-refractivity contribution in [3.63, 3.8) is 0 Å². The summed E-state index contributed by atoms with van der Waals surface area (Å²) in [5, 5.41) is 9.06. The zero-order valence-electron chi connectivity index (χ0n) is 11.4. The van der Waals surface area contributed by atoms with Gasteiger partial charge in [0.1, 0.15) is 0 Å². The zero-order chi connectivity index (χ0) is 16.3. The highest BCUT2D eigenvalue weighted by Crippen LogP contribution is 2.24. The number of hydrogen-bond acceptors (Lipinski definition) is 4. The molecule has 0 atom stereocenters. The predicted octanol–water partition coefficient (Wildman–Crippen LogP) is 3.67. The summed E-state index contributed by atoms with van der Waals surface area (Å²) >= 11 is 4.63. The first-order valence-corrected chi connectivity index (χ1v) is 9.53. The molecule has 8 heteroatoms. The van der Waals surface area contributed by atoms with Crippen LogP contribution in [0.3, 0.4) is 0 Å². The molecule has 0 aliphatic carbocycles. The monoisotopic (exact) mass is 401 g/mol. The van der Waals surface area contributed by atoms with Crippen molar-refractivity contribution in [3.05, 3.63) is 52.5 Å². The molecule has 0 radical (unpaired) electrons. The number of halogens is 1. The molecule has 0 aliphatic rings. The predicted molar refractivity (Wildman–Crippen MR) is 90.1 cm³/mol.